The molecule has 0 unspecified atom stereocenters. The van der Waals surface area contributed by atoms with Crippen LogP contribution in [0.1, 0.15) is 32.6 Å². The first-order valence-corrected chi connectivity index (χ1v) is 12.6. The minimum atomic E-state index is -1.33. The number of amides is 3. The van der Waals surface area contributed by atoms with E-state index in [9.17, 15) is 39.3 Å². The number of aliphatic hydroxyl groups excluding tert-OH is 2. The predicted octanol–water partition coefficient (Wildman–Crippen LogP) is -2.73. The van der Waals surface area contributed by atoms with E-state index >= 15 is 0 Å². The van der Waals surface area contributed by atoms with Gasteiger partial charge in [-0.25, -0.2) is 14.6 Å². The number of nitrogens with two attached hydrogens (primary N) is 2. The molecular formula is C23H34BN6O11. The molecule has 1 radical (unpaired) electrons. The number of carbonyl (C=O) groups is 5. The number of hydrogen-bond acceptors (Lipinski definition) is 10. The standard InChI is InChI=1S/C23H34BN6O11/c1-10(31)29-14-2-3-16(19(34)35)41-18(14)15(33)4-5-27-21(38)24-22(39)28-9-12(32)8-13-6-11(30-23(25)26)7-17(40-13)20(36)37/h3,7,11-15,18,32-33H,2,4-6,8-9H2,1H3,(H,27,38)(H,28,39)(H,29,31)(H,34,35)(H,36,37)(H4,25,26,30)/t11-,12+,13-,14-,15-,18-/m1/s1. The monoisotopic (exact) mass is 581 g/mol. The molecule has 2 heterocycles. The van der Waals surface area contributed by atoms with Gasteiger partial charge in [-0.2, -0.15) is 0 Å². The molecule has 11 N–H and O–H groups in total. The van der Waals surface area contributed by atoms with Gasteiger partial charge in [0.1, 0.15) is 12.2 Å². The lowest BCUT2D eigenvalue weighted by molar-refractivity contribution is -0.141. The third kappa shape index (κ3) is 11.4. The number of ether oxygens (including phenoxy) is 2. The number of aliphatic carboxylic acids is 2. The Morgan fingerprint density at radius 3 is 2.34 bits per heavy atom. The number of hydrogen-bond donors (Lipinski definition) is 9. The lowest BCUT2D eigenvalue weighted by Gasteiger charge is -2.34. The molecule has 0 saturated carbocycles. The first kappa shape index (κ1) is 32.9. The Morgan fingerprint density at radius 2 is 1.73 bits per heavy atom. The maximum atomic E-state index is 12.1. The minimum absolute atomic E-state index is 0.0625. The van der Waals surface area contributed by atoms with E-state index in [1.54, 1.807) is 0 Å². The topological polar surface area (TPSA) is 285 Å². The van der Waals surface area contributed by atoms with Crippen LogP contribution in [0.25, 0.3) is 0 Å². The molecule has 2 aliphatic heterocycles. The molecule has 0 saturated heterocycles. The fourth-order valence-electron chi connectivity index (χ4n) is 4.19. The van der Waals surface area contributed by atoms with Gasteiger partial charge in [0.15, 0.2) is 17.6 Å². The second kappa shape index (κ2) is 15.5. The Balaban J connectivity index is 1.75. The molecule has 2 aliphatic rings. The van der Waals surface area contributed by atoms with Gasteiger partial charge in [0.25, 0.3) is 0 Å². The zero-order valence-corrected chi connectivity index (χ0v) is 22.2. The summed E-state index contributed by atoms with van der Waals surface area (Å²) in [6.07, 6.45) is -1.56. The molecule has 0 fully saturated rings. The number of guanidine groups is 1. The lowest BCUT2D eigenvalue weighted by Crippen LogP contribution is -2.51. The van der Waals surface area contributed by atoms with Gasteiger partial charge in [-0.3, -0.25) is 14.4 Å². The molecule has 0 bridgehead atoms. The predicted molar refractivity (Wildman–Crippen MR) is 141 cm³/mol. The van der Waals surface area contributed by atoms with E-state index in [-0.39, 0.29) is 56.3 Å². The molecule has 0 aromatic rings. The van der Waals surface area contributed by atoms with Crippen LogP contribution in [-0.4, -0.2) is 113 Å². The minimum Gasteiger partial charge on any atom is -0.483 e. The first-order valence-electron chi connectivity index (χ1n) is 12.6. The van der Waals surface area contributed by atoms with Crippen molar-refractivity contribution in [1.29, 1.82) is 0 Å². The van der Waals surface area contributed by atoms with Crippen molar-refractivity contribution in [1.82, 2.24) is 16.0 Å². The van der Waals surface area contributed by atoms with Crippen molar-refractivity contribution in [3.8, 4) is 0 Å². The van der Waals surface area contributed by atoms with Gasteiger partial charge in [0, 0.05) is 32.9 Å². The van der Waals surface area contributed by atoms with Gasteiger partial charge < -0.3 is 57.3 Å². The van der Waals surface area contributed by atoms with Crippen LogP contribution < -0.4 is 27.4 Å². The van der Waals surface area contributed by atoms with Crippen LogP contribution in [0, 0.1) is 0 Å². The number of nitrogens with zero attached hydrogens (tertiary/aromatic N) is 1. The van der Waals surface area contributed by atoms with Crippen molar-refractivity contribution >= 4 is 42.7 Å². The van der Waals surface area contributed by atoms with E-state index in [4.69, 9.17) is 26.0 Å². The quantitative estimate of drug-likeness (QED) is 0.0573. The zero-order chi connectivity index (χ0) is 30.7. The van der Waals surface area contributed by atoms with E-state index in [0.717, 1.165) is 0 Å². The number of carboxylic acids is 2. The molecule has 41 heavy (non-hydrogen) atoms. The Morgan fingerprint density at radius 1 is 1.07 bits per heavy atom. The third-order valence-corrected chi connectivity index (χ3v) is 5.91. The van der Waals surface area contributed by atoms with Gasteiger partial charge in [0.2, 0.25) is 17.4 Å². The zero-order valence-electron chi connectivity index (χ0n) is 22.2. The summed E-state index contributed by atoms with van der Waals surface area (Å²) in [6.45, 7) is 0.879. The normalized spacial score (nSPS) is 23.1. The number of carbonyl (C=O) groups excluding carboxylic acids is 3. The molecule has 225 valence electrons. The highest BCUT2D eigenvalue weighted by Crippen LogP contribution is 2.24. The summed E-state index contributed by atoms with van der Waals surface area (Å²) in [5.41, 5.74) is 10.7. The third-order valence-electron chi connectivity index (χ3n) is 5.91. The average molecular weight is 581 g/mol. The number of nitrogens with one attached hydrogen (secondary N) is 3. The molecule has 2 rings (SSSR count). The van der Waals surface area contributed by atoms with Crippen molar-refractivity contribution in [3.05, 3.63) is 23.7 Å². The molecule has 0 aromatic heterocycles. The maximum absolute atomic E-state index is 12.1. The summed E-state index contributed by atoms with van der Waals surface area (Å²) < 4.78 is 10.7. The van der Waals surface area contributed by atoms with Crippen molar-refractivity contribution < 1.29 is 53.9 Å². The Labute approximate surface area is 235 Å². The molecule has 6 atom stereocenters. The smallest absolute Gasteiger partial charge is 0.370 e. The van der Waals surface area contributed by atoms with Gasteiger partial charge in [-0.15, -0.1) is 0 Å². The van der Waals surface area contributed by atoms with Gasteiger partial charge in [-0.1, -0.05) is 0 Å². The van der Waals surface area contributed by atoms with Gasteiger partial charge in [-0.05, 0) is 25.0 Å². The molecule has 17 nitrogen and oxygen atoms in total. The van der Waals surface area contributed by atoms with Crippen molar-refractivity contribution in [2.24, 2.45) is 16.5 Å². The molecule has 0 aromatic carbocycles. The maximum Gasteiger partial charge on any atom is 0.370 e. The van der Waals surface area contributed by atoms with Crippen LogP contribution in [-0.2, 0) is 23.9 Å². The summed E-state index contributed by atoms with van der Waals surface area (Å²) in [7, 11) is 0.693. The SMILES string of the molecule is CC(=O)N[C@@H]1CC=C(C(=O)O)O[C@H]1[C@H](O)CCNC(=O)[B]C(=O)NC[C@@H](O)C[C@H]1C[C@@H](N=C(N)N)C=C(C(=O)O)O1. The Hall–Kier alpha value is -4.32. The van der Waals surface area contributed by atoms with E-state index in [0.29, 0.717) is 7.28 Å². The Kier molecular flexibility index (Phi) is 12.4. The fraction of sp³-hybridized carbons (Fsp3) is 0.565. The highest BCUT2D eigenvalue weighted by Gasteiger charge is 2.35. The van der Waals surface area contributed by atoms with Crippen LogP contribution in [0.3, 0.4) is 0 Å². The fourth-order valence-corrected chi connectivity index (χ4v) is 4.19. The second-order valence-electron chi connectivity index (χ2n) is 9.36. The summed E-state index contributed by atoms with van der Waals surface area (Å²) in [4.78, 5) is 62.0. The highest BCUT2D eigenvalue weighted by molar-refractivity contribution is 6.96. The Bertz CT molecular complexity index is 1090. The molecule has 0 spiro atoms. The second-order valence-corrected chi connectivity index (χ2v) is 9.36. The van der Waals surface area contributed by atoms with E-state index in [1.165, 1.54) is 19.1 Å². The van der Waals surface area contributed by atoms with Gasteiger partial charge in [0.05, 0.1) is 24.3 Å². The number of carboxylic acid groups (broad SMARTS) is 2. The number of rotatable bonds is 14. The van der Waals surface area contributed by atoms with Crippen LogP contribution in [0.15, 0.2) is 28.7 Å². The average Bonchev–Trinajstić information content (AvgIpc) is 2.86. The molecule has 3 amide bonds. The van der Waals surface area contributed by atoms with Crippen LogP contribution in [0.5, 0.6) is 0 Å². The van der Waals surface area contributed by atoms with E-state index in [1.807, 2.05) is 0 Å². The number of aliphatic hydroxyl groups is 2. The van der Waals surface area contributed by atoms with Crippen molar-refractivity contribution in [2.45, 2.75) is 69.1 Å². The van der Waals surface area contributed by atoms with Gasteiger partial charge >= 0.3 is 19.2 Å². The van der Waals surface area contributed by atoms with E-state index < -0.39 is 66.0 Å². The first-order chi connectivity index (χ1) is 19.2. The molecule has 0 aliphatic carbocycles. The summed E-state index contributed by atoms with van der Waals surface area (Å²) in [6, 6.07) is -1.35. The molecule has 18 heteroatoms. The van der Waals surface area contributed by atoms with Crippen molar-refractivity contribution in [3.63, 3.8) is 0 Å². The lowest BCUT2D eigenvalue weighted by atomic mass is 9.76. The van der Waals surface area contributed by atoms with Crippen molar-refractivity contribution in [2.75, 3.05) is 13.1 Å². The summed E-state index contributed by atoms with van der Waals surface area (Å²) >= 11 is 0. The molecular weight excluding hydrogens is 547 g/mol. The highest BCUT2D eigenvalue weighted by atomic mass is 16.5. The number of aliphatic imine (C=N–C) groups is 1. The summed E-state index contributed by atoms with van der Waals surface area (Å²) in [5.74, 6) is -5.66. The van der Waals surface area contributed by atoms with Crippen LogP contribution >= 0.6 is 0 Å². The van der Waals surface area contributed by atoms with E-state index in [2.05, 4.69) is 20.9 Å². The van der Waals surface area contributed by atoms with Crippen LogP contribution in [0.2, 0.25) is 0 Å². The summed E-state index contributed by atoms with van der Waals surface area (Å²) in [5, 5.41) is 46.4. The largest absolute Gasteiger partial charge is 0.483 e. The van der Waals surface area contributed by atoms with Crippen LogP contribution in [0.4, 0.5) is 9.59 Å².